The molecule has 0 bridgehead atoms. The van der Waals surface area contributed by atoms with Crippen molar-refractivity contribution < 1.29 is 39.9 Å². The van der Waals surface area contributed by atoms with Gasteiger partial charge in [-0.1, -0.05) is 31.5 Å². The average Bonchev–Trinajstić information content (AvgIpc) is 3.17. The third-order valence-electron chi connectivity index (χ3n) is 6.93. The van der Waals surface area contributed by atoms with E-state index >= 15 is 0 Å². The van der Waals surface area contributed by atoms with Crippen molar-refractivity contribution in [1.82, 2.24) is 20.4 Å². The van der Waals surface area contributed by atoms with Crippen molar-refractivity contribution >= 4 is 44.3 Å². The molecule has 1 fully saturated rings. The van der Waals surface area contributed by atoms with Gasteiger partial charge in [-0.25, -0.2) is 8.42 Å². The number of carbonyl (C=O) groups excluding carboxylic acids is 1. The van der Waals surface area contributed by atoms with Gasteiger partial charge in [-0.15, -0.1) is 17.0 Å². The van der Waals surface area contributed by atoms with Crippen LogP contribution in [0.5, 0.6) is 5.75 Å². The van der Waals surface area contributed by atoms with E-state index < -0.39 is 51.4 Å². The molecule has 2 heterocycles. The third-order valence-corrected chi connectivity index (χ3v) is 8.90. The summed E-state index contributed by atoms with van der Waals surface area (Å²) in [6, 6.07) is 3.62. The number of piperidine rings is 1. The molecule has 2 atom stereocenters. The first-order chi connectivity index (χ1) is 18.4. The van der Waals surface area contributed by atoms with Gasteiger partial charge in [-0.05, 0) is 43.9 Å². The van der Waals surface area contributed by atoms with E-state index in [4.69, 9.17) is 11.6 Å². The van der Waals surface area contributed by atoms with Crippen LogP contribution in [-0.2, 0) is 22.8 Å². The maximum Gasteiger partial charge on any atom is 0.394 e. The summed E-state index contributed by atoms with van der Waals surface area (Å²) in [6.45, 7) is 1.06. The minimum Gasteiger partial charge on any atom is -0.434 e. The normalized spacial score (nSPS) is 18.2. The van der Waals surface area contributed by atoms with E-state index in [1.165, 1.54) is 23.1 Å². The van der Waals surface area contributed by atoms with Gasteiger partial charge >= 0.3 is 12.8 Å². The summed E-state index contributed by atoms with van der Waals surface area (Å²) in [4.78, 5) is 13.0. The average molecular weight is 696 g/mol. The molecule has 0 unspecified atom stereocenters. The highest BCUT2D eigenvalue weighted by Crippen LogP contribution is 2.43. The number of aryl methyl sites for hydroxylation is 1. The summed E-state index contributed by atoms with van der Waals surface area (Å²) in [5.74, 6) is -1.04. The zero-order chi connectivity index (χ0) is 30.0. The molecule has 1 aromatic carbocycles. The monoisotopic (exact) mass is 694 g/mol. The van der Waals surface area contributed by atoms with Crippen molar-refractivity contribution in [2.24, 2.45) is 5.41 Å². The number of hydrogen-bond acceptors (Lipinski definition) is 6. The number of hydrogen-bond donors (Lipinski definition) is 2. The molecule has 0 aliphatic carbocycles. The Morgan fingerprint density at radius 3 is 2.44 bits per heavy atom. The SMILES string of the molecule is Br.CCn1nc(C(=O)NC[C@@H]2CC[C@@H](S(C)(=O)=O)CN2)c(Cl)c1-c1ccc(CC(C)(C)C(F)(F)F)cc1OC(F)F. The van der Waals surface area contributed by atoms with Gasteiger partial charge in [0.2, 0.25) is 0 Å². The van der Waals surface area contributed by atoms with Crippen LogP contribution in [0.4, 0.5) is 22.0 Å². The number of sulfone groups is 1. The predicted molar refractivity (Wildman–Crippen MR) is 151 cm³/mol. The van der Waals surface area contributed by atoms with Gasteiger partial charge in [-0.3, -0.25) is 9.48 Å². The minimum atomic E-state index is -4.52. The summed E-state index contributed by atoms with van der Waals surface area (Å²) >= 11 is 6.52. The largest absolute Gasteiger partial charge is 0.434 e. The standard InChI is InChI=1S/C25H32ClF5N4O4S.BrH/c1-5-35-21(17-9-6-14(10-18(17)39-23(27)28)11-24(2,3)25(29,30)31)19(26)20(34-35)22(36)33-12-15-7-8-16(13-32-15)40(4,37)38;/h6,9-10,15-16,23,32H,5,7-8,11-13H2,1-4H3,(H,33,36);1H/t15-,16+;/m0./s1. The van der Waals surface area contributed by atoms with E-state index in [1.807, 2.05) is 0 Å². The number of halogens is 7. The minimum absolute atomic E-state index is 0. The number of aromatic nitrogens is 2. The highest BCUT2D eigenvalue weighted by Gasteiger charge is 2.47. The number of carbonyl (C=O) groups is 1. The van der Waals surface area contributed by atoms with Gasteiger partial charge in [0.15, 0.2) is 15.5 Å². The molecule has 2 aromatic rings. The predicted octanol–water partition coefficient (Wildman–Crippen LogP) is 5.43. The summed E-state index contributed by atoms with van der Waals surface area (Å²) in [6.07, 6.45) is -2.86. The first-order valence-electron chi connectivity index (χ1n) is 12.6. The molecule has 2 N–H and O–H groups in total. The number of rotatable bonds is 10. The van der Waals surface area contributed by atoms with E-state index in [2.05, 4.69) is 20.5 Å². The smallest absolute Gasteiger partial charge is 0.394 e. The van der Waals surface area contributed by atoms with Crippen molar-refractivity contribution in [2.45, 2.75) is 70.7 Å². The van der Waals surface area contributed by atoms with Crippen LogP contribution in [0.15, 0.2) is 18.2 Å². The van der Waals surface area contributed by atoms with Crippen molar-refractivity contribution in [3.8, 4) is 17.0 Å². The maximum atomic E-state index is 13.4. The Balaban J connectivity index is 0.00000588. The summed E-state index contributed by atoms with van der Waals surface area (Å²) < 4.78 is 96.2. The molecule has 232 valence electrons. The van der Waals surface area contributed by atoms with Gasteiger partial charge in [-0.2, -0.15) is 27.1 Å². The highest BCUT2D eigenvalue weighted by atomic mass is 79.9. The second kappa shape index (κ2) is 13.6. The van der Waals surface area contributed by atoms with E-state index in [0.717, 1.165) is 19.9 Å². The fourth-order valence-electron chi connectivity index (χ4n) is 4.48. The maximum absolute atomic E-state index is 13.4. The number of alkyl halides is 5. The van der Waals surface area contributed by atoms with Crippen LogP contribution < -0.4 is 15.4 Å². The number of nitrogens with zero attached hydrogens (tertiary/aromatic N) is 2. The molecule has 41 heavy (non-hydrogen) atoms. The van der Waals surface area contributed by atoms with Crippen LogP contribution >= 0.6 is 28.6 Å². The van der Waals surface area contributed by atoms with Crippen molar-refractivity contribution in [2.75, 3.05) is 19.3 Å². The first kappa shape index (κ1) is 35.2. The Morgan fingerprint density at radius 1 is 1.27 bits per heavy atom. The molecule has 8 nitrogen and oxygen atoms in total. The summed E-state index contributed by atoms with van der Waals surface area (Å²) in [7, 11) is -3.18. The molecule has 1 saturated heterocycles. The lowest BCUT2D eigenvalue weighted by molar-refractivity contribution is -0.211. The van der Waals surface area contributed by atoms with Crippen molar-refractivity contribution in [3.05, 3.63) is 34.5 Å². The Kier molecular flexibility index (Phi) is 11.6. The molecule has 0 spiro atoms. The zero-order valence-corrected chi connectivity index (χ0v) is 26.1. The molecule has 1 amide bonds. The Morgan fingerprint density at radius 2 is 1.93 bits per heavy atom. The number of amides is 1. The Labute approximate surface area is 251 Å². The van der Waals surface area contributed by atoms with Crippen molar-refractivity contribution in [3.63, 3.8) is 0 Å². The molecule has 1 aromatic heterocycles. The summed E-state index contributed by atoms with van der Waals surface area (Å²) in [5.41, 5.74) is -2.04. The second-order valence-corrected chi connectivity index (χ2v) is 13.1. The molecule has 1 aliphatic heterocycles. The van der Waals surface area contributed by atoms with Crippen LogP contribution in [-0.4, -0.2) is 67.5 Å². The molecule has 16 heteroatoms. The van der Waals surface area contributed by atoms with Crippen LogP contribution in [0, 0.1) is 5.41 Å². The topological polar surface area (TPSA) is 102 Å². The Bertz CT molecular complexity index is 1330. The number of nitrogens with one attached hydrogen (secondary N) is 2. The summed E-state index contributed by atoms with van der Waals surface area (Å²) in [5, 5.41) is 9.39. The fraction of sp³-hybridized carbons (Fsp3) is 0.600. The van der Waals surface area contributed by atoms with E-state index in [0.29, 0.717) is 12.8 Å². The first-order valence-corrected chi connectivity index (χ1v) is 14.9. The lowest BCUT2D eigenvalue weighted by atomic mass is 9.84. The molecule has 1 aliphatic rings. The van der Waals surface area contributed by atoms with E-state index in [9.17, 15) is 35.2 Å². The highest BCUT2D eigenvalue weighted by molar-refractivity contribution is 8.93. The number of benzene rings is 1. The van der Waals surface area contributed by atoms with Crippen molar-refractivity contribution in [1.29, 1.82) is 0 Å². The second-order valence-electron chi connectivity index (χ2n) is 10.4. The van der Waals surface area contributed by atoms with Gasteiger partial charge in [0.1, 0.15) is 5.75 Å². The fourth-order valence-corrected chi connectivity index (χ4v) is 5.76. The van der Waals surface area contributed by atoms with Gasteiger partial charge < -0.3 is 15.4 Å². The van der Waals surface area contributed by atoms with Gasteiger partial charge in [0.05, 0.1) is 21.4 Å². The molecular formula is C25H33BrClF5N4O4S. The lowest BCUT2D eigenvalue weighted by Gasteiger charge is -2.28. The molecular weight excluding hydrogens is 663 g/mol. The molecule has 0 saturated carbocycles. The Hall–Kier alpha value is -1.97. The van der Waals surface area contributed by atoms with Crippen LogP contribution in [0.1, 0.15) is 49.7 Å². The molecule has 3 rings (SSSR count). The molecule has 0 radical (unpaired) electrons. The van der Waals surface area contributed by atoms with Gasteiger partial charge in [0, 0.05) is 37.5 Å². The van der Waals surface area contributed by atoms with Crippen LogP contribution in [0.2, 0.25) is 5.02 Å². The number of ether oxygens (including phenoxy) is 1. The zero-order valence-electron chi connectivity index (χ0n) is 22.8. The van der Waals surface area contributed by atoms with Gasteiger partial charge in [0.25, 0.3) is 5.91 Å². The lowest BCUT2D eigenvalue weighted by Crippen LogP contribution is -2.49. The van der Waals surface area contributed by atoms with E-state index in [1.54, 1.807) is 6.92 Å². The quantitative estimate of drug-likeness (QED) is 0.322. The van der Waals surface area contributed by atoms with Crippen LogP contribution in [0.3, 0.4) is 0 Å². The third kappa shape index (κ3) is 8.54. The van der Waals surface area contributed by atoms with Crippen LogP contribution in [0.25, 0.3) is 11.3 Å². The van der Waals surface area contributed by atoms with E-state index in [-0.39, 0.29) is 70.2 Å².